The predicted molar refractivity (Wildman–Crippen MR) is 104 cm³/mol. The highest BCUT2D eigenvalue weighted by Gasteiger charge is 2.37. The van der Waals surface area contributed by atoms with Crippen molar-refractivity contribution in [1.29, 1.82) is 0 Å². The Morgan fingerprint density at radius 2 is 1.62 bits per heavy atom. The first-order chi connectivity index (χ1) is 11.4. The largest absolute Gasteiger partial charge is 0.311 e. The summed E-state index contributed by atoms with van der Waals surface area (Å²) in [6.07, 6.45) is 0. The second-order valence-corrected chi connectivity index (χ2v) is 7.97. The maximum Gasteiger partial charge on any atom is 0.0375 e. The highest BCUT2D eigenvalue weighted by Crippen LogP contribution is 2.51. The van der Waals surface area contributed by atoms with Crippen LogP contribution in [0.1, 0.15) is 44.4 Å². The Kier molecular flexibility index (Phi) is 3.17. The third-order valence-corrected chi connectivity index (χ3v) is 5.91. The van der Waals surface area contributed by atoms with E-state index in [4.69, 9.17) is 0 Å². The number of hydrogen-bond donors (Lipinski definition) is 1. The Hall–Kier alpha value is -2.12. The van der Waals surface area contributed by atoms with E-state index >= 15 is 0 Å². The SMILES string of the molecule is CNC(C)(C)c1ccc2c(c1)C(C)(C)c1ccc3ccccc3c1-2. The van der Waals surface area contributed by atoms with Crippen LogP contribution < -0.4 is 5.32 Å². The van der Waals surface area contributed by atoms with Gasteiger partial charge in [-0.05, 0) is 59.5 Å². The van der Waals surface area contributed by atoms with Gasteiger partial charge in [-0.3, -0.25) is 0 Å². The van der Waals surface area contributed by atoms with Crippen molar-refractivity contribution in [2.75, 3.05) is 7.05 Å². The molecule has 24 heavy (non-hydrogen) atoms. The van der Waals surface area contributed by atoms with Gasteiger partial charge in [-0.25, -0.2) is 0 Å². The fraction of sp³-hybridized carbons (Fsp3) is 0.304. The summed E-state index contributed by atoms with van der Waals surface area (Å²) in [5.41, 5.74) is 7.04. The number of rotatable bonds is 2. The molecule has 122 valence electrons. The molecule has 1 nitrogen and oxygen atoms in total. The van der Waals surface area contributed by atoms with Crippen LogP contribution in [0.5, 0.6) is 0 Å². The lowest BCUT2D eigenvalue weighted by Gasteiger charge is -2.28. The molecular weight excluding hydrogens is 290 g/mol. The van der Waals surface area contributed by atoms with E-state index in [1.54, 1.807) is 0 Å². The number of hydrogen-bond acceptors (Lipinski definition) is 1. The van der Waals surface area contributed by atoms with Gasteiger partial charge < -0.3 is 5.32 Å². The molecule has 4 rings (SSSR count). The molecule has 0 bridgehead atoms. The molecule has 1 aliphatic carbocycles. The summed E-state index contributed by atoms with van der Waals surface area (Å²) >= 11 is 0. The Labute approximate surface area is 144 Å². The van der Waals surface area contributed by atoms with Crippen LogP contribution in [0.25, 0.3) is 21.9 Å². The van der Waals surface area contributed by atoms with Crippen molar-refractivity contribution in [1.82, 2.24) is 5.32 Å². The Bertz CT molecular complexity index is 947. The number of benzene rings is 3. The van der Waals surface area contributed by atoms with Crippen molar-refractivity contribution < 1.29 is 0 Å². The molecular formula is C23H25N. The molecule has 0 atom stereocenters. The first-order valence-corrected chi connectivity index (χ1v) is 8.73. The van der Waals surface area contributed by atoms with E-state index in [9.17, 15) is 0 Å². The van der Waals surface area contributed by atoms with Crippen molar-refractivity contribution >= 4 is 10.8 Å². The minimum Gasteiger partial charge on any atom is -0.311 e. The van der Waals surface area contributed by atoms with Gasteiger partial charge in [0, 0.05) is 11.0 Å². The van der Waals surface area contributed by atoms with Crippen molar-refractivity contribution in [2.24, 2.45) is 0 Å². The van der Waals surface area contributed by atoms with Gasteiger partial charge in [0.1, 0.15) is 0 Å². The molecule has 0 saturated carbocycles. The second-order valence-electron chi connectivity index (χ2n) is 7.97. The van der Waals surface area contributed by atoms with Crippen molar-refractivity contribution in [3.63, 3.8) is 0 Å². The average Bonchev–Trinajstić information content (AvgIpc) is 2.82. The first-order valence-electron chi connectivity index (χ1n) is 8.73. The van der Waals surface area contributed by atoms with Gasteiger partial charge in [-0.15, -0.1) is 0 Å². The highest BCUT2D eigenvalue weighted by molar-refractivity contribution is 6.02. The van der Waals surface area contributed by atoms with Crippen LogP contribution in [-0.4, -0.2) is 7.05 Å². The van der Waals surface area contributed by atoms with E-state index in [0.29, 0.717) is 0 Å². The maximum atomic E-state index is 3.43. The third kappa shape index (κ3) is 1.98. The molecule has 0 heterocycles. The monoisotopic (exact) mass is 315 g/mol. The topological polar surface area (TPSA) is 12.0 Å². The minimum absolute atomic E-state index is 0.0258. The molecule has 0 saturated heterocycles. The smallest absolute Gasteiger partial charge is 0.0375 e. The second kappa shape index (κ2) is 4.94. The van der Waals surface area contributed by atoms with E-state index in [0.717, 1.165) is 0 Å². The molecule has 1 aliphatic rings. The normalized spacial score (nSPS) is 15.4. The lowest BCUT2D eigenvalue weighted by molar-refractivity contribution is 0.443. The molecule has 1 heteroatoms. The number of nitrogens with one attached hydrogen (secondary N) is 1. The maximum absolute atomic E-state index is 3.43. The summed E-state index contributed by atoms with van der Waals surface area (Å²) in [6.45, 7) is 9.17. The standard InChI is InChI=1S/C23H25N/c1-22(2)19-13-10-15-8-6-7-9-17(15)21(19)18-12-11-16(14-20(18)22)23(3,4)24-5/h6-14,24H,1-5H3. The molecule has 0 radical (unpaired) electrons. The van der Waals surface area contributed by atoms with Gasteiger partial charge in [-0.2, -0.15) is 0 Å². The van der Waals surface area contributed by atoms with E-state index in [2.05, 4.69) is 87.6 Å². The minimum atomic E-state index is -0.0258. The van der Waals surface area contributed by atoms with E-state index in [1.807, 2.05) is 7.05 Å². The van der Waals surface area contributed by atoms with Crippen LogP contribution in [0.3, 0.4) is 0 Å². The van der Waals surface area contributed by atoms with E-state index in [1.165, 1.54) is 38.6 Å². The molecule has 0 aliphatic heterocycles. The van der Waals surface area contributed by atoms with Crippen LogP contribution in [0.4, 0.5) is 0 Å². The van der Waals surface area contributed by atoms with Crippen LogP contribution in [0, 0.1) is 0 Å². The molecule has 1 N–H and O–H groups in total. The third-order valence-electron chi connectivity index (χ3n) is 5.91. The summed E-state index contributed by atoms with van der Waals surface area (Å²) in [4.78, 5) is 0. The Morgan fingerprint density at radius 3 is 2.38 bits per heavy atom. The lowest BCUT2D eigenvalue weighted by atomic mass is 9.80. The predicted octanol–water partition coefficient (Wildman–Crippen LogP) is 5.60. The van der Waals surface area contributed by atoms with Gasteiger partial charge in [0.05, 0.1) is 0 Å². The summed E-state index contributed by atoms with van der Waals surface area (Å²) in [6, 6.07) is 20.3. The zero-order valence-electron chi connectivity index (χ0n) is 15.2. The quantitative estimate of drug-likeness (QED) is 0.649. The Balaban J connectivity index is 2.04. The Morgan fingerprint density at radius 1 is 0.875 bits per heavy atom. The van der Waals surface area contributed by atoms with Crippen LogP contribution >= 0.6 is 0 Å². The fourth-order valence-electron chi connectivity index (χ4n) is 4.04. The van der Waals surface area contributed by atoms with Crippen molar-refractivity contribution in [3.05, 3.63) is 71.3 Å². The lowest BCUT2D eigenvalue weighted by Crippen LogP contribution is -2.33. The summed E-state index contributed by atoms with van der Waals surface area (Å²) in [5, 5.41) is 6.11. The van der Waals surface area contributed by atoms with Crippen molar-refractivity contribution in [2.45, 2.75) is 38.6 Å². The van der Waals surface area contributed by atoms with Crippen LogP contribution in [0.15, 0.2) is 54.6 Å². The van der Waals surface area contributed by atoms with Gasteiger partial charge in [-0.1, -0.05) is 68.4 Å². The summed E-state index contributed by atoms with van der Waals surface area (Å²) in [7, 11) is 2.03. The highest BCUT2D eigenvalue weighted by atomic mass is 14.9. The van der Waals surface area contributed by atoms with Crippen LogP contribution in [0.2, 0.25) is 0 Å². The molecule has 3 aromatic rings. The van der Waals surface area contributed by atoms with Gasteiger partial charge >= 0.3 is 0 Å². The molecule has 3 aromatic carbocycles. The van der Waals surface area contributed by atoms with E-state index in [-0.39, 0.29) is 11.0 Å². The summed E-state index contributed by atoms with van der Waals surface area (Å²) in [5.74, 6) is 0. The first kappa shape index (κ1) is 15.4. The molecule has 0 aromatic heterocycles. The number of fused-ring (bicyclic) bond motifs is 5. The molecule has 0 unspecified atom stereocenters. The molecule has 0 fully saturated rings. The van der Waals surface area contributed by atoms with Gasteiger partial charge in [0.15, 0.2) is 0 Å². The van der Waals surface area contributed by atoms with Gasteiger partial charge in [0.2, 0.25) is 0 Å². The fourth-order valence-corrected chi connectivity index (χ4v) is 4.04. The van der Waals surface area contributed by atoms with Crippen molar-refractivity contribution in [3.8, 4) is 11.1 Å². The molecule has 0 spiro atoms. The van der Waals surface area contributed by atoms with Crippen LogP contribution in [-0.2, 0) is 11.0 Å². The summed E-state index contributed by atoms with van der Waals surface area (Å²) < 4.78 is 0. The zero-order chi connectivity index (χ0) is 17.1. The van der Waals surface area contributed by atoms with Gasteiger partial charge in [0.25, 0.3) is 0 Å². The zero-order valence-corrected chi connectivity index (χ0v) is 15.2. The van der Waals surface area contributed by atoms with E-state index < -0.39 is 0 Å². The average molecular weight is 315 g/mol. The molecule has 0 amide bonds.